The zero-order valence-electron chi connectivity index (χ0n) is 22.3. The number of hydrogen-bond donors (Lipinski definition) is 1. The number of sulfonamides is 1. The van der Waals surface area contributed by atoms with Crippen LogP contribution in [0, 0.1) is 6.92 Å². The number of aromatic nitrogens is 1. The van der Waals surface area contributed by atoms with Gasteiger partial charge in [0.1, 0.15) is 17.4 Å². The van der Waals surface area contributed by atoms with E-state index in [1.165, 1.54) is 0 Å². The van der Waals surface area contributed by atoms with Crippen LogP contribution in [0.3, 0.4) is 0 Å². The molecular weight excluding hydrogens is 500 g/mol. The maximum Gasteiger partial charge on any atom is 0.243 e. The molecule has 1 aromatic heterocycles. The summed E-state index contributed by atoms with van der Waals surface area (Å²) in [6.45, 7) is 5.21. The summed E-state index contributed by atoms with van der Waals surface area (Å²) >= 11 is 0. The Balaban J connectivity index is 1.18. The number of carbonyl (C=O) groups is 1. The first-order chi connectivity index (χ1) is 18.3. The molecule has 0 atom stereocenters. The highest BCUT2D eigenvalue weighted by Gasteiger charge is 2.46. The van der Waals surface area contributed by atoms with Crippen LogP contribution in [0.15, 0.2) is 53.7 Å². The second-order valence-corrected chi connectivity index (χ2v) is 12.8. The van der Waals surface area contributed by atoms with E-state index in [1.807, 2.05) is 30.0 Å². The number of rotatable bonds is 7. The average Bonchev–Trinajstić information content (AvgIpc) is 2.94. The summed E-state index contributed by atoms with van der Waals surface area (Å²) in [5.74, 6) is 0.830. The molecule has 3 fully saturated rings. The lowest BCUT2D eigenvalue weighted by molar-refractivity contribution is -0.140. The summed E-state index contributed by atoms with van der Waals surface area (Å²) in [6.07, 6.45) is 11.4. The molecule has 206 valence electrons. The standard InChI is InChI=1S/C29H40N4O4S/c1-23-6-5-7-27(22-23)38(35,36)31-29(14-3-2-4-15-29)28(34)33-18-10-24(11-19-33)32-20-12-26(13-21-32)37-25-8-16-30-17-9-25/h5-9,16-17,22,24,26,31H,2-4,10-15,18-21H2,1H3. The Morgan fingerprint density at radius 1 is 0.974 bits per heavy atom. The normalized spacial score (nSPS) is 21.8. The number of aryl methyl sites for hydroxylation is 1. The summed E-state index contributed by atoms with van der Waals surface area (Å²) in [5.41, 5.74) is -0.164. The number of pyridine rings is 1. The molecule has 2 aromatic rings. The molecule has 2 saturated heterocycles. The minimum Gasteiger partial charge on any atom is -0.490 e. The molecule has 8 nitrogen and oxygen atoms in total. The van der Waals surface area contributed by atoms with Crippen molar-refractivity contribution in [2.75, 3.05) is 26.2 Å². The molecule has 1 saturated carbocycles. The van der Waals surface area contributed by atoms with Gasteiger partial charge in [0.15, 0.2) is 0 Å². The maximum atomic E-state index is 13.9. The van der Waals surface area contributed by atoms with E-state index >= 15 is 0 Å². The summed E-state index contributed by atoms with van der Waals surface area (Å²) in [6, 6.07) is 11.2. The first-order valence-electron chi connectivity index (χ1n) is 14.1. The molecule has 0 spiro atoms. The van der Waals surface area contributed by atoms with Crippen molar-refractivity contribution in [3.8, 4) is 5.75 Å². The van der Waals surface area contributed by atoms with Crippen LogP contribution in [0.2, 0.25) is 0 Å². The van der Waals surface area contributed by atoms with Crippen molar-refractivity contribution in [1.29, 1.82) is 0 Å². The van der Waals surface area contributed by atoms with Gasteiger partial charge in [0.25, 0.3) is 0 Å². The summed E-state index contributed by atoms with van der Waals surface area (Å²) in [7, 11) is -3.80. The molecular formula is C29H40N4O4S. The zero-order chi connectivity index (χ0) is 26.6. The molecule has 2 aliphatic heterocycles. The van der Waals surface area contributed by atoms with Crippen LogP contribution in [-0.2, 0) is 14.8 Å². The van der Waals surface area contributed by atoms with E-state index in [9.17, 15) is 13.2 Å². The number of piperidine rings is 2. The monoisotopic (exact) mass is 540 g/mol. The molecule has 1 N–H and O–H groups in total. The first kappa shape index (κ1) is 27.1. The molecule has 0 bridgehead atoms. The molecule has 0 radical (unpaired) electrons. The number of ether oxygens (including phenoxy) is 1. The van der Waals surface area contributed by atoms with Gasteiger partial charge in [-0.15, -0.1) is 0 Å². The van der Waals surface area contributed by atoms with Crippen molar-refractivity contribution in [3.05, 3.63) is 54.4 Å². The lowest BCUT2D eigenvalue weighted by Gasteiger charge is -2.45. The third-order valence-electron chi connectivity index (χ3n) is 8.44. The summed E-state index contributed by atoms with van der Waals surface area (Å²) < 4.78 is 35.7. The average molecular weight is 541 g/mol. The number of hydrogen-bond acceptors (Lipinski definition) is 6. The second kappa shape index (κ2) is 11.7. The predicted octanol–water partition coefficient (Wildman–Crippen LogP) is 3.91. The van der Waals surface area contributed by atoms with Crippen molar-refractivity contribution in [1.82, 2.24) is 19.5 Å². The van der Waals surface area contributed by atoms with Crippen LogP contribution in [0.25, 0.3) is 0 Å². The van der Waals surface area contributed by atoms with Crippen molar-refractivity contribution >= 4 is 15.9 Å². The van der Waals surface area contributed by atoms with E-state index in [0.29, 0.717) is 32.0 Å². The van der Waals surface area contributed by atoms with Gasteiger partial charge in [-0.1, -0.05) is 31.4 Å². The highest BCUT2D eigenvalue weighted by molar-refractivity contribution is 7.89. The van der Waals surface area contributed by atoms with Crippen LogP contribution in [-0.4, -0.2) is 73.0 Å². The van der Waals surface area contributed by atoms with Gasteiger partial charge in [0, 0.05) is 44.6 Å². The quantitative estimate of drug-likeness (QED) is 0.573. The van der Waals surface area contributed by atoms with E-state index in [4.69, 9.17) is 4.74 Å². The topological polar surface area (TPSA) is 91.8 Å². The fourth-order valence-corrected chi connectivity index (χ4v) is 7.84. The van der Waals surface area contributed by atoms with Gasteiger partial charge >= 0.3 is 0 Å². The van der Waals surface area contributed by atoms with Crippen molar-refractivity contribution < 1.29 is 17.9 Å². The SMILES string of the molecule is Cc1cccc(S(=O)(=O)NC2(C(=O)N3CCC(N4CCC(Oc5ccncc5)CC4)CC3)CCCCC2)c1. The van der Waals surface area contributed by atoms with E-state index in [0.717, 1.165) is 69.3 Å². The fraction of sp³-hybridized carbons (Fsp3) is 0.586. The van der Waals surface area contributed by atoms with Crippen molar-refractivity contribution in [3.63, 3.8) is 0 Å². The fourth-order valence-electron chi connectivity index (χ4n) is 6.32. The number of amides is 1. The molecule has 5 rings (SSSR count). The Bertz CT molecular complexity index is 1180. The molecule has 9 heteroatoms. The predicted molar refractivity (Wildman–Crippen MR) is 146 cm³/mol. The van der Waals surface area contributed by atoms with Gasteiger partial charge in [-0.2, -0.15) is 4.72 Å². The second-order valence-electron chi connectivity index (χ2n) is 11.1. The number of likely N-dealkylation sites (tertiary alicyclic amines) is 2. The Kier molecular flexibility index (Phi) is 8.35. The van der Waals surface area contributed by atoms with Gasteiger partial charge in [0.2, 0.25) is 15.9 Å². The molecule has 1 aliphatic carbocycles. The van der Waals surface area contributed by atoms with Gasteiger partial charge < -0.3 is 9.64 Å². The molecule has 3 heterocycles. The lowest BCUT2D eigenvalue weighted by Crippen LogP contribution is -2.62. The van der Waals surface area contributed by atoms with Crippen LogP contribution in [0.4, 0.5) is 0 Å². The van der Waals surface area contributed by atoms with Crippen molar-refractivity contribution in [2.24, 2.45) is 0 Å². The minimum absolute atomic E-state index is 0.0451. The third kappa shape index (κ3) is 6.21. The molecule has 38 heavy (non-hydrogen) atoms. The van der Waals surface area contributed by atoms with E-state index in [-0.39, 0.29) is 16.9 Å². The van der Waals surface area contributed by atoms with Crippen LogP contribution in [0.5, 0.6) is 5.75 Å². The van der Waals surface area contributed by atoms with Crippen LogP contribution >= 0.6 is 0 Å². The minimum atomic E-state index is -3.80. The molecule has 1 amide bonds. The Morgan fingerprint density at radius 2 is 1.66 bits per heavy atom. The van der Waals surface area contributed by atoms with Crippen LogP contribution in [0.1, 0.15) is 63.4 Å². The smallest absolute Gasteiger partial charge is 0.243 e. The number of carbonyl (C=O) groups excluding carboxylic acids is 1. The lowest BCUT2D eigenvalue weighted by atomic mass is 9.81. The Hall–Kier alpha value is -2.49. The number of nitrogens with zero attached hydrogens (tertiary/aromatic N) is 3. The van der Waals surface area contributed by atoms with E-state index in [2.05, 4.69) is 14.6 Å². The van der Waals surface area contributed by atoms with Gasteiger partial charge in [-0.25, -0.2) is 8.42 Å². The maximum absolute atomic E-state index is 13.9. The van der Waals surface area contributed by atoms with Crippen molar-refractivity contribution in [2.45, 2.75) is 87.3 Å². The first-order valence-corrected chi connectivity index (χ1v) is 15.5. The largest absolute Gasteiger partial charge is 0.490 e. The van der Waals surface area contributed by atoms with Crippen LogP contribution < -0.4 is 9.46 Å². The van der Waals surface area contributed by atoms with E-state index < -0.39 is 15.6 Å². The van der Waals surface area contributed by atoms with Gasteiger partial charge in [-0.3, -0.25) is 14.7 Å². The number of benzene rings is 1. The third-order valence-corrected chi connectivity index (χ3v) is 9.98. The van der Waals surface area contributed by atoms with E-state index in [1.54, 1.807) is 30.6 Å². The number of nitrogens with one attached hydrogen (secondary N) is 1. The summed E-state index contributed by atoms with van der Waals surface area (Å²) in [4.78, 5) is 22.7. The molecule has 3 aliphatic rings. The Morgan fingerprint density at radius 3 is 2.32 bits per heavy atom. The summed E-state index contributed by atoms with van der Waals surface area (Å²) in [5, 5.41) is 0. The highest BCUT2D eigenvalue weighted by atomic mass is 32.2. The van der Waals surface area contributed by atoms with Gasteiger partial charge in [-0.05, 0) is 75.3 Å². The zero-order valence-corrected chi connectivity index (χ0v) is 23.2. The Labute approximate surface area is 226 Å². The molecule has 0 unspecified atom stereocenters. The highest BCUT2D eigenvalue weighted by Crippen LogP contribution is 2.33. The molecule has 1 aromatic carbocycles. The van der Waals surface area contributed by atoms with Gasteiger partial charge in [0.05, 0.1) is 4.90 Å².